The molecule has 0 aliphatic heterocycles. The minimum Gasteiger partial charge on any atom is -0.465 e. The molecule has 0 unspecified atom stereocenters. The Morgan fingerprint density at radius 1 is 1.25 bits per heavy atom. The Balaban J connectivity index is 2.89. The number of nitrogens with zero attached hydrogens (tertiary/aromatic N) is 1. The van der Waals surface area contributed by atoms with Gasteiger partial charge >= 0.3 is 11.9 Å². The lowest BCUT2D eigenvalue weighted by Gasteiger charge is -2.04. The molecule has 0 amide bonds. The maximum Gasteiger partial charge on any atom is 0.348 e. The summed E-state index contributed by atoms with van der Waals surface area (Å²) in [6.07, 6.45) is 1.39. The van der Waals surface area contributed by atoms with E-state index in [1.54, 1.807) is 37.3 Å². The van der Waals surface area contributed by atoms with E-state index in [0.29, 0.717) is 16.9 Å². The number of methoxy groups -OCH3 is 1. The largest absolute Gasteiger partial charge is 0.465 e. The molecule has 1 aromatic carbocycles. The molecule has 0 saturated carbocycles. The van der Waals surface area contributed by atoms with Crippen LogP contribution in [0.3, 0.4) is 0 Å². The Kier molecular flexibility index (Phi) is 5.24. The Morgan fingerprint density at radius 2 is 1.85 bits per heavy atom. The summed E-state index contributed by atoms with van der Waals surface area (Å²) >= 11 is 0. The van der Waals surface area contributed by atoms with E-state index >= 15 is 0 Å². The van der Waals surface area contributed by atoms with Crippen LogP contribution in [-0.2, 0) is 14.3 Å². The van der Waals surface area contributed by atoms with Crippen LogP contribution in [0.4, 0.5) is 0 Å². The highest BCUT2D eigenvalue weighted by atomic mass is 16.5. The van der Waals surface area contributed by atoms with Gasteiger partial charge in [0, 0.05) is 5.57 Å². The second-order valence-electron chi connectivity index (χ2n) is 3.90. The minimum atomic E-state index is -0.703. The number of carbonyl (C=O) groups is 2. The molecule has 5 nitrogen and oxygen atoms in total. The number of carbonyl (C=O) groups excluding carboxylic acids is 2. The lowest BCUT2D eigenvalue weighted by molar-refractivity contribution is -0.135. The average Bonchev–Trinajstić information content (AvgIpc) is 2.45. The first-order chi connectivity index (χ1) is 9.47. The van der Waals surface area contributed by atoms with E-state index in [-0.39, 0.29) is 5.57 Å². The molecule has 0 aliphatic carbocycles. The minimum absolute atomic E-state index is 0.112. The zero-order chi connectivity index (χ0) is 15.1. The fraction of sp³-hybridized carbons (Fsp3) is 0.133. The van der Waals surface area contributed by atoms with Crippen LogP contribution in [0.5, 0.6) is 5.75 Å². The highest BCUT2D eigenvalue weighted by Gasteiger charge is 2.09. The van der Waals surface area contributed by atoms with E-state index in [4.69, 9.17) is 10.00 Å². The summed E-state index contributed by atoms with van der Waals surface area (Å²) in [5.74, 6) is -0.863. The first kappa shape index (κ1) is 15.2. The van der Waals surface area contributed by atoms with Crippen molar-refractivity contribution in [2.45, 2.75) is 6.92 Å². The normalized spacial score (nSPS) is 10.3. The fourth-order valence-corrected chi connectivity index (χ4v) is 1.24. The molecule has 1 aromatic rings. The number of hydrogen-bond acceptors (Lipinski definition) is 5. The Hall–Kier alpha value is -2.87. The quantitative estimate of drug-likeness (QED) is 0.363. The second-order valence-corrected chi connectivity index (χ2v) is 3.90. The molecule has 0 saturated heterocycles. The smallest absolute Gasteiger partial charge is 0.348 e. The van der Waals surface area contributed by atoms with Gasteiger partial charge in [-0.05, 0) is 30.7 Å². The molecule has 102 valence electrons. The third-order valence-electron chi connectivity index (χ3n) is 2.28. The van der Waals surface area contributed by atoms with E-state index in [9.17, 15) is 9.59 Å². The molecule has 0 spiro atoms. The Bertz CT molecular complexity index is 606. The van der Waals surface area contributed by atoms with Gasteiger partial charge in [0.05, 0.1) is 7.11 Å². The molecule has 0 heterocycles. The maximum absolute atomic E-state index is 11.3. The summed E-state index contributed by atoms with van der Waals surface area (Å²) in [5.41, 5.74) is 0.799. The van der Waals surface area contributed by atoms with Crippen LogP contribution in [-0.4, -0.2) is 19.0 Å². The van der Waals surface area contributed by atoms with Crippen LogP contribution in [0.1, 0.15) is 12.5 Å². The van der Waals surface area contributed by atoms with Crippen molar-refractivity contribution in [3.05, 3.63) is 47.6 Å². The summed E-state index contributed by atoms with van der Waals surface area (Å²) in [4.78, 5) is 22.6. The topological polar surface area (TPSA) is 76.4 Å². The molecule has 1 rings (SSSR count). The SMILES string of the molecule is C=C(C)C(=O)Oc1ccc(C=C(C#N)C(=O)OC)cc1. The molecule has 0 aliphatic rings. The average molecular weight is 271 g/mol. The highest BCUT2D eigenvalue weighted by molar-refractivity contribution is 5.97. The van der Waals surface area contributed by atoms with Crippen LogP contribution >= 0.6 is 0 Å². The molecule has 0 fully saturated rings. The van der Waals surface area contributed by atoms with Gasteiger partial charge in [-0.15, -0.1) is 0 Å². The van der Waals surface area contributed by atoms with Crippen molar-refractivity contribution in [3.8, 4) is 11.8 Å². The first-order valence-electron chi connectivity index (χ1n) is 5.65. The van der Waals surface area contributed by atoms with Gasteiger partial charge in [-0.2, -0.15) is 5.26 Å². The van der Waals surface area contributed by atoms with Crippen LogP contribution in [0.15, 0.2) is 42.0 Å². The summed E-state index contributed by atoms with van der Waals surface area (Å²) in [7, 11) is 1.20. The van der Waals surface area contributed by atoms with Gasteiger partial charge in [-0.1, -0.05) is 18.7 Å². The van der Waals surface area contributed by atoms with Crippen molar-refractivity contribution in [2.24, 2.45) is 0 Å². The number of ether oxygens (including phenoxy) is 2. The van der Waals surface area contributed by atoms with Gasteiger partial charge in [-0.3, -0.25) is 0 Å². The van der Waals surface area contributed by atoms with Crippen molar-refractivity contribution < 1.29 is 19.1 Å². The van der Waals surface area contributed by atoms with Crippen molar-refractivity contribution in [1.82, 2.24) is 0 Å². The third-order valence-corrected chi connectivity index (χ3v) is 2.28. The molecule has 20 heavy (non-hydrogen) atoms. The third kappa shape index (κ3) is 4.10. The van der Waals surface area contributed by atoms with Crippen molar-refractivity contribution in [3.63, 3.8) is 0 Å². The van der Waals surface area contributed by atoms with Gasteiger partial charge < -0.3 is 9.47 Å². The van der Waals surface area contributed by atoms with Crippen molar-refractivity contribution in [1.29, 1.82) is 5.26 Å². The van der Waals surface area contributed by atoms with E-state index in [1.165, 1.54) is 13.2 Å². The highest BCUT2D eigenvalue weighted by Crippen LogP contribution is 2.16. The molecule has 0 bridgehead atoms. The van der Waals surface area contributed by atoms with E-state index in [2.05, 4.69) is 11.3 Å². The first-order valence-corrected chi connectivity index (χ1v) is 5.65. The van der Waals surface area contributed by atoms with Crippen LogP contribution in [0.25, 0.3) is 6.08 Å². The van der Waals surface area contributed by atoms with Crippen LogP contribution in [0.2, 0.25) is 0 Å². The molecular weight excluding hydrogens is 258 g/mol. The number of rotatable bonds is 4. The lowest BCUT2D eigenvalue weighted by atomic mass is 10.1. The number of esters is 2. The predicted molar refractivity (Wildman–Crippen MR) is 72.5 cm³/mol. The van der Waals surface area contributed by atoms with E-state index < -0.39 is 11.9 Å². The fourth-order valence-electron chi connectivity index (χ4n) is 1.24. The Labute approximate surface area is 116 Å². The molecular formula is C15H13NO4. The van der Waals surface area contributed by atoms with Crippen molar-refractivity contribution >= 4 is 18.0 Å². The van der Waals surface area contributed by atoms with Crippen molar-refractivity contribution in [2.75, 3.05) is 7.11 Å². The number of nitriles is 1. The van der Waals surface area contributed by atoms with Crippen LogP contribution < -0.4 is 4.74 Å². The summed E-state index contributed by atoms with van der Waals surface area (Å²) < 4.78 is 9.48. The van der Waals surface area contributed by atoms with Gasteiger partial charge in [0.1, 0.15) is 17.4 Å². The second kappa shape index (κ2) is 6.90. The zero-order valence-corrected chi connectivity index (χ0v) is 11.2. The van der Waals surface area contributed by atoms with E-state index in [1.807, 2.05) is 0 Å². The lowest BCUT2D eigenvalue weighted by Crippen LogP contribution is -2.07. The maximum atomic E-state index is 11.3. The molecule has 5 heteroatoms. The summed E-state index contributed by atoms with van der Waals surface area (Å²) in [5, 5.41) is 8.83. The van der Waals surface area contributed by atoms with Crippen LogP contribution in [0, 0.1) is 11.3 Å². The molecule has 0 radical (unpaired) electrons. The molecule has 0 atom stereocenters. The molecule has 0 N–H and O–H groups in total. The monoisotopic (exact) mass is 271 g/mol. The van der Waals surface area contributed by atoms with Gasteiger partial charge in [0.15, 0.2) is 0 Å². The van der Waals surface area contributed by atoms with Gasteiger partial charge in [-0.25, -0.2) is 9.59 Å². The Morgan fingerprint density at radius 3 is 2.30 bits per heavy atom. The van der Waals surface area contributed by atoms with Gasteiger partial charge in [0.25, 0.3) is 0 Å². The predicted octanol–water partition coefficient (Wildman–Crippen LogP) is 2.25. The molecule has 0 aromatic heterocycles. The zero-order valence-electron chi connectivity index (χ0n) is 11.2. The summed E-state index contributed by atoms with van der Waals surface area (Å²) in [6.45, 7) is 5.03. The number of benzene rings is 1. The van der Waals surface area contributed by atoms with Gasteiger partial charge in [0.2, 0.25) is 0 Å². The van der Waals surface area contributed by atoms with E-state index in [0.717, 1.165) is 0 Å². The summed E-state index contributed by atoms with van der Waals surface area (Å²) in [6, 6.07) is 8.09. The standard InChI is InChI=1S/C15H13NO4/c1-10(2)14(17)20-13-6-4-11(5-7-13)8-12(9-16)15(18)19-3/h4-8H,1H2,2-3H3. The number of hydrogen-bond donors (Lipinski definition) is 0.